The number of rotatable bonds is 2. The van der Waals surface area contributed by atoms with Crippen molar-refractivity contribution in [2.24, 2.45) is 5.92 Å². The van der Waals surface area contributed by atoms with Crippen LogP contribution in [0.15, 0.2) is 22.7 Å². The minimum Gasteiger partial charge on any atom is -0.388 e. The van der Waals surface area contributed by atoms with Crippen molar-refractivity contribution in [1.82, 2.24) is 0 Å². The van der Waals surface area contributed by atoms with Crippen molar-refractivity contribution in [3.05, 3.63) is 33.8 Å². The molecule has 0 radical (unpaired) electrons. The average molecular weight is 371 g/mol. The Labute approximate surface area is 139 Å². The monoisotopic (exact) mass is 370 g/mol. The Morgan fingerprint density at radius 3 is 2.86 bits per heavy atom. The van der Waals surface area contributed by atoms with E-state index < -0.39 is 0 Å². The minimum atomic E-state index is -0.368. The first kappa shape index (κ1) is 15.9. The summed E-state index contributed by atoms with van der Waals surface area (Å²) < 4.78 is 7.24. The van der Waals surface area contributed by atoms with E-state index in [-0.39, 0.29) is 11.7 Å². The highest BCUT2D eigenvalue weighted by Gasteiger charge is 2.41. The van der Waals surface area contributed by atoms with Gasteiger partial charge in [-0.2, -0.15) is 11.8 Å². The summed E-state index contributed by atoms with van der Waals surface area (Å²) in [6.45, 7) is 2.87. The lowest BCUT2D eigenvalue weighted by Crippen LogP contribution is -2.44. The van der Waals surface area contributed by atoms with Crippen molar-refractivity contribution in [3.63, 3.8) is 0 Å². The average Bonchev–Trinajstić information content (AvgIpc) is 2.50. The highest BCUT2D eigenvalue weighted by molar-refractivity contribution is 9.10. The fourth-order valence-corrected chi connectivity index (χ4v) is 5.03. The van der Waals surface area contributed by atoms with Crippen LogP contribution in [-0.4, -0.2) is 28.8 Å². The number of ether oxygens (including phenoxy) is 1. The minimum absolute atomic E-state index is 0.0412. The molecule has 116 valence electrons. The quantitative estimate of drug-likeness (QED) is 0.831. The number of hydrogen-bond donors (Lipinski definition) is 1. The van der Waals surface area contributed by atoms with Gasteiger partial charge < -0.3 is 9.84 Å². The lowest BCUT2D eigenvalue weighted by Gasteiger charge is -2.44. The highest BCUT2D eigenvalue weighted by Crippen LogP contribution is 2.43. The zero-order valence-corrected chi connectivity index (χ0v) is 14.9. The van der Waals surface area contributed by atoms with Gasteiger partial charge in [0.05, 0.1) is 11.7 Å². The zero-order valence-electron chi connectivity index (χ0n) is 12.5. The van der Waals surface area contributed by atoms with Gasteiger partial charge in [-0.15, -0.1) is 0 Å². The Bertz CT molecular complexity index is 494. The third kappa shape index (κ3) is 3.49. The third-order valence-electron chi connectivity index (χ3n) is 4.91. The van der Waals surface area contributed by atoms with Crippen LogP contribution in [0.1, 0.15) is 42.9 Å². The molecule has 2 heterocycles. The van der Waals surface area contributed by atoms with Crippen LogP contribution in [-0.2, 0) is 4.74 Å². The highest BCUT2D eigenvalue weighted by atomic mass is 79.9. The van der Waals surface area contributed by atoms with E-state index in [0.29, 0.717) is 5.92 Å². The normalized spacial score (nSPS) is 26.7. The second kappa shape index (κ2) is 6.61. The van der Waals surface area contributed by atoms with Crippen LogP contribution in [0.25, 0.3) is 0 Å². The molecular formula is C17H23BrO2S. The van der Waals surface area contributed by atoms with Gasteiger partial charge in [0.2, 0.25) is 0 Å². The first-order valence-corrected chi connectivity index (χ1v) is 9.70. The number of benzene rings is 1. The van der Waals surface area contributed by atoms with E-state index >= 15 is 0 Å². The van der Waals surface area contributed by atoms with Crippen LogP contribution >= 0.6 is 27.7 Å². The molecule has 2 aliphatic heterocycles. The van der Waals surface area contributed by atoms with E-state index in [0.717, 1.165) is 42.3 Å². The van der Waals surface area contributed by atoms with Crippen LogP contribution < -0.4 is 0 Å². The van der Waals surface area contributed by atoms with Crippen molar-refractivity contribution in [1.29, 1.82) is 0 Å². The third-order valence-corrected chi connectivity index (χ3v) is 6.78. The summed E-state index contributed by atoms with van der Waals surface area (Å²) in [5, 5.41) is 10.8. The van der Waals surface area contributed by atoms with Crippen molar-refractivity contribution >= 4 is 27.7 Å². The van der Waals surface area contributed by atoms with Gasteiger partial charge in [0.15, 0.2) is 0 Å². The number of halogens is 1. The van der Waals surface area contributed by atoms with Crippen molar-refractivity contribution < 1.29 is 9.84 Å². The molecule has 1 spiro atoms. The maximum absolute atomic E-state index is 10.8. The van der Waals surface area contributed by atoms with E-state index in [2.05, 4.69) is 28.9 Å². The first-order valence-electron chi connectivity index (χ1n) is 7.75. The lowest BCUT2D eigenvalue weighted by atomic mass is 9.78. The van der Waals surface area contributed by atoms with Gasteiger partial charge in [-0.05, 0) is 67.2 Å². The molecule has 0 aromatic heterocycles. The second-order valence-electron chi connectivity index (χ2n) is 6.35. The Balaban J connectivity index is 1.74. The van der Waals surface area contributed by atoms with Crippen LogP contribution in [0.5, 0.6) is 0 Å². The topological polar surface area (TPSA) is 29.5 Å². The summed E-state index contributed by atoms with van der Waals surface area (Å²) in [4.78, 5) is 0. The van der Waals surface area contributed by atoms with Gasteiger partial charge in [-0.3, -0.25) is 0 Å². The van der Waals surface area contributed by atoms with E-state index in [4.69, 9.17) is 4.74 Å². The van der Waals surface area contributed by atoms with E-state index in [9.17, 15) is 5.11 Å². The smallest absolute Gasteiger partial charge is 0.0820 e. The van der Waals surface area contributed by atoms with Crippen LogP contribution in [0, 0.1) is 12.8 Å². The molecule has 3 rings (SSSR count). The van der Waals surface area contributed by atoms with Gasteiger partial charge in [0.25, 0.3) is 0 Å². The summed E-state index contributed by atoms with van der Waals surface area (Å²) in [7, 11) is 0. The van der Waals surface area contributed by atoms with Gasteiger partial charge in [-0.1, -0.05) is 28.1 Å². The Kier molecular flexibility index (Phi) is 4.99. The lowest BCUT2D eigenvalue weighted by molar-refractivity contribution is -0.121. The number of thioether (sulfide) groups is 1. The van der Waals surface area contributed by atoms with Crippen LogP contribution in [0.3, 0.4) is 0 Å². The molecule has 2 atom stereocenters. The first-order chi connectivity index (χ1) is 10.1. The molecule has 2 aliphatic rings. The molecule has 0 aliphatic carbocycles. The molecule has 21 heavy (non-hydrogen) atoms. The van der Waals surface area contributed by atoms with Gasteiger partial charge in [-0.25, -0.2) is 0 Å². The zero-order chi connectivity index (χ0) is 14.9. The molecule has 0 amide bonds. The SMILES string of the molecule is Cc1cc(C(O)C2CCOC3(CCSCC3)C2)ccc1Br. The van der Waals surface area contributed by atoms with Gasteiger partial charge >= 0.3 is 0 Å². The fraction of sp³-hybridized carbons (Fsp3) is 0.647. The van der Waals surface area contributed by atoms with E-state index in [1.54, 1.807) is 0 Å². The van der Waals surface area contributed by atoms with Crippen LogP contribution in [0.4, 0.5) is 0 Å². The standard InChI is InChI=1S/C17H23BrO2S/c1-12-10-13(2-3-15(12)18)16(19)14-4-7-20-17(11-14)5-8-21-9-6-17/h2-3,10,14,16,19H,4-9,11H2,1H3. The second-order valence-corrected chi connectivity index (χ2v) is 8.43. The maximum atomic E-state index is 10.8. The number of aliphatic hydroxyl groups is 1. The molecule has 0 bridgehead atoms. The summed E-state index contributed by atoms with van der Waals surface area (Å²) in [5.41, 5.74) is 2.27. The molecule has 1 aromatic carbocycles. The predicted octanol–water partition coefficient (Wildman–Crippen LogP) is 4.48. The number of aliphatic hydroxyl groups excluding tert-OH is 1. The van der Waals surface area contributed by atoms with Crippen molar-refractivity contribution in [2.45, 2.75) is 44.3 Å². The number of aryl methyl sites for hydroxylation is 1. The van der Waals surface area contributed by atoms with E-state index in [1.165, 1.54) is 17.1 Å². The Hall–Kier alpha value is -0.0300. The van der Waals surface area contributed by atoms with E-state index in [1.807, 2.05) is 23.9 Å². The number of hydrogen-bond acceptors (Lipinski definition) is 3. The van der Waals surface area contributed by atoms with Crippen LogP contribution in [0.2, 0.25) is 0 Å². The molecule has 1 aromatic rings. The summed E-state index contributed by atoms with van der Waals surface area (Å²) >= 11 is 5.55. The summed E-state index contributed by atoms with van der Waals surface area (Å²) in [6, 6.07) is 6.19. The Morgan fingerprint density at radius 1 is 1.38 bits per heavy atom. The maximum Gasteiger partial charge on any atom is 0.0820 e. The molecule has 1 N–H and O–H groups in total. The molecule has 4 heteroatoms. The van der Waals surface area contributed by atoms with Crippen molar-refractivity contribution in [2.75, 3.05) is 18.1 Å². The Morgan fingerprint density at radius 2 is 2.14 bits per heavy atom. The molecule has 2 unspecified atom stereocenters. The summed E-state index contributed by atoms with van der Waals surface area (Å²) in [6.07, 6.45) is 3.88. The molecule has 2 fully saturated rings. The van der Waals surface area contributed by atoms with Gasteiger partial charge in [0.1, 0.15) is 0 Å². The molecular weight excluding hydrogens is 348 g/mol. The summed E-state index contributed by atoms with van der Waals surface area (Å²) in [5.74, 6) is 2.71. The predicted molar refractivity (Wildman–Crippen MR) is 91.8 cm³/mol. The molecule has 2 nitrogen and oxygen atoms in total. The molecule has 0 saturated carbocycles. The largest absolute Gasteiger partial charge is 0.388 e. The van der Waals surface area contributed by atoms with Gasteiger partial charge in [0, 0.05) is 11.1 Å². The molecule has 2 saturated heterocycles. The fourth-order valence-electron chi connectivity index (χ4n) is 3.55. The van der Waals surface area contributed by atoms with Crippen molar-refractivity contribution in [3.8, 4) is 0 Å².